The molecule has 1 fully saturated rings. The van der Waals surface area contributed by atoms with Crippen LogP contribution in [0.25, 0.3) is 0 Å². The first-order valence-electron chi connectivity index (χ1n) is 9.19. The van der Waals surface area contributed by atoms with Crippen LogP contribution in [0.4, 0.5) is 5.82 Å². The number of nitrogens with one attached hydrogen (secondary N) is 2. The Morgan fingerprint density at radius 1 is 1.44 bits per heavy atom. The third kappa shape index (κ3) is 3.74. The van der Waals surface area contributed by atoms with Gasteiger partial charge in [0.2, 0.25) is 5.91 Å². The van der Waals surface area contributed by atoms with Gasteiger partial charge in [0, 0.05) is 34.3 Å². The van der Waals surface area contributed by atoms with Crippen molar-refractivity contribution in [2.45, 2.75) is 38.5 Å². The van der Waals surface area contributed by atoms with Crippen LogP contribution in [0.1, 0.15) is 44.2 Å². The molecule has 2 aliphatic carbocycles. The first-order valence-corrected chi connectivity index (χ1v) is 9.57. The quantitative estimate of drug-likeness (QED) is 0.818. The lowest BCUT2D eigenvalue weighted by molar-refractivity contribution is -0.118. The fourth-order valence-electron chi connectivity index (χ4n) is 3.40. The van der Waals surface area contributed by atoms with Crippen LogP contribution in [-0.2, 0) is 4.79 Å². The maximum absolute atomic E-state index is 12.7. The molecular weight excluding hydrogens is 362 g/mol. The first-order chi connectivity index (χ1) is 13.0. The van der Waals surface area contributed by atoms with Crippen molar-refractivity contribution in [2.75, 3.05) is 5.32 Å². The number of H-pyrrole nitrogens is 1. The van der Waals surface area contributed by atoms with Crippen molar-refractivity contribution in [1.29, 1.82) is 5.26 Å². The molecule has 1 aromatic heterocycles. The molecule has 2 N–H and O–H groups in total. The van der Waals surface area contributed by atoms with Crippen LogP contribution in [0.2, 0.25) is 0 Å². The van der Waals surface area contributed by atoms with Crippen molar-refractivity contribution in [3.8, 4) is 6.07 Å². The average molecular weight is 382 g/mol. The van der Waals surface area contributed by atoms with Gasteiger partial charge in [0.05, 0.1) is 17.2 Å². The van der Waals surface area contributed by atoms with Gasteiger partial charge < -0.3 is 5.32 Å². The van der Waals surface area contributed by atoms with Gasteiger partial charge in [0.15, 0.2) is 5.82 Å². The fraction of sp³-hybridized carbons (Fsp3) is 0.400. The zero-order valence-corrected chi connectivity index (χ0v) is 15.8. The lowest BCUT2D eigenvalue weighted by atomic mass is 9.91. The molecule has 1 unspecified atom stereocenters. The van der Waals surface area contributed by atoms with Gasteiger partial charge in [0.25, 0.3) is 0 Å². The summed E-state index contributed by atoms with van der Waals surface area (Å²) in [5.41, 5.74) is 2.92. The number of fused-ring (bicyclic) bond motifs is 1. The molecule has 0 saturated heterocycles. The number of carbonyl (C=O) groups excluding carboxylic acids is 1. The predicted octanol–water partition coefficient (Wildman–Crippen LogP) is 4.18. The van der Waals surface area contributed by atoms with E-state index in [1.165, 1.54) is 12.8 Å². The number of nitriles is 1. The Hall–Kier alpha value is -2.65. The summed E-state index contributed by atoms with van der Waals surface area (Å²) < 4.78 is 0. The fourth-order valence-corrected chi connectivity index (χ4v) is 3.62. The number of nitrogens with zero attached hydrogens (tertiary/aromatic N) is 3. The van der Waals surface area contributed by atoms with Gasteiger partial charge in [-0.15, -0.1) is 0 Å². The van der Waals surface area contributed by atoms with Crippen molar-refractivity contribution >= 4 is 29.0 Å². The molecule has 7 heteroatoms. The second kappa shape index (κ2) is 7.16. The number of aromatic amines is 1. The van der Waals surface area contributed by atoms with Crippen LogP contribution in [0.15, 0.2) is 45.6 Å². The normalized spacial score (nSPS) is 26.8. The SMILES string of the molecule is C[C@H](C(=O)Nc1cc(C2CC2)[nH]n1)C1=CC2CC/C=C(Cl)\C=C(\C#N)C2=N1. The zero-order valence-electron chi connectivity index (χ0n) is 15.0. The zero-order chi connectivity index (χ0) is 19.0. The predicted molar refractivity (Wildman–Crippen MR) is 104 cm³/mol. The summed E-state index contributed by atoms with van der Waals surface area (Å²) in [5, 5.41) is 20.0. The maximum atomic E-state index is 12.7. The Morgan fingerprint density at radius 3 is 3.00 bits per heavy atom. The highest BCUT2D eigenvalue weighted by Gasteiger charge is 2.30. The number of carbonyl (C=O) groups is 1. The minimum Gasteiger partial charge on any atom is -0.309 e. The van der Waals surface area contributed by atoms with E-state index in [1.807, 2.05) is 25.1 Å². The Labute approximate surface area is 162 Å². The number of amides is 1. The summed E-state index contributed by atoms with van der Waals surface area (Å²) in [6.07, 6.45) is 9.52. The minimum absolute atomic E-state index is 0.0361. The van der Waals surface area contributed by atoms with Gasteiger partial charge in [-0.3, -0.25) is 14.9 Å². The van der Waals surface area contributed by atoms with E-state index in [9.17, 15) is 10.1 Å². The van der Waals surface area contributed by atoms with Gasteiger partial charge in [0.1, 0.15) is 6.07 Å². The second-order valence-corrected chi connectivity index (χ2v) is 7.66. The van der Waals surface area contributed by atoms with Gasteiger partial charge in [-0.25, -0.2) is 0 Å². The first kappa shape index (κ1) is 17.7. The molecule has 27 heavy (non-hydrogen) atoms. The Kier molecular flexibility index (Phi) is 4.71. The number of aromatic nitrogens is 2. The highest BCUT2D eigenvalue weighted by Crippen LogP contribution is 2.39. The highest BCUT2D eigenvalue weighted by atomic mass is 35.5. The lowest BCUT2D eigenvalue weighted by Gasteiger charge is -2.12. The summed E-state index contributed by atoms with van der Waals surface area (Å²) in [5.74, 6) is 0.535. The molecule has 0 radical (unpaired) electrons. The van der Waals surface area contributed by atoms with E-state index >= 15 is 0 Å². The largest absolute Gasteiger partial charge is 0.309 e. The number of rotatable bonds is 4. The smallest absolute Gasteiger partial charge is 0.234 e. The number of hydrogen-bond donors (Lipinski definition) is 2. The Bertz CT molecular complexity index is 942. The molecule has 3 aliphatic rings. The van der Waals surface area contributed by atoms with Gasteiger partial charge >= 0.3 is 0 Å². The van der Waals surface area contributed by atoms with Gasteiger partial charge in [-0.1, -0.05) is 23.8 Å². The Morgan fingerprint density at radius 2 is 2.26 bits per heavy atom. The van der Waals surface area contributed by atoms with E-state index < -0.39 is 5.92 Å². The lowest BCUT2D eigenvalue weighted by Crippen LogP contribution is -2.21. The maximum Gasteiger partial charge on any atom is 0.234 e. The van der Waals surface area contributed by atoms with Crippen molar-refractivity contribution < 1.29 is 4.79 Å². The number of hydrogen-bond acceptors (Lipinski definition) is 4. The van der Waals surface area contributed by atoms with Crippen molar-refractivity contribution in [3.63, 3.8) is 0 Å². The van der Waals surface area contributed by atoms with Gasteiger partial charge in [-0.2, -0.15) is 10.4 Å². The molecule has 4 rings (SSSR count). The van der Waals surface area contributed by atoms with E-state index in [0.29, 0.717) is 33.7 Å². The van der Waals surface area contributed by atoms with Crippen molar-refractivity contribution in [1.82, 2.24) is 10.2 Å². The van der Waals surface area contributed by atoms with E-state index in [4.69, 9.17) is 11.6 Å². The van der Waals surface area contributed by atoms with Crippen molar-refractivity contribution in [3.05, 3.63) is 46.3 Å². The number of aliphatic imine (C=N–C) groups is 1. The molecule has 1 saturated carbocycles. The second-order valence-electron chi connectivity index (χ2n) is 7.22. The molecule has 138 valence electrons. The van der Waals surface area contributed by atoms with E-state index in [-0.39, 0.29) is 11.8 Å². The third-order valence-electron chi connectivity index (χ3n) is 5.17. The summed E-state index contributed by atoms with van der Waals surface area (Å²) in [4.78, 5) is 17.3. The van der Waals surface area contributed by atoms with Crippen LogP contribution < -0.4 is 5.32 Å². The number of anilines is 1. The highest BCUT2D eigenvalue weighted by molar-refractivity contribution is 6.31. The molecule has 1 amide bonds. The van der Waals surface area contributed by atoms with Crippen LogP contribution >= 0.6 is 11.6 Å². The summed E-state index contributed by atoms with van der Waals surface area (Å²) in [6.45, 7) is 1.82. The third-order valence-corrected chi connectivity index (χ3v) is 5.43. The monoisotopic (exact) mass is 381 g/mol. The van der Waals surface area contributed by atoms with Crippen LogP contribution in [0.5, 0.6) is 0 Å². The van der Waals surface area contributed by atoms with E-state index in [2.05, 4.69) is 26.6 Å². The number of allylic oxidation sites excluding steroid dienone is 5. The topological polar surface area (TPSA) is 93.9 Å². The molecular formula is C20H20ClN5O. The summed E-state index contributed by atoms with van der Waals surface area (Å²) >= 11 is 6.11. The minimum atomic E-state index is -0.435. The molecule has 0 spiro atoms. The Balaban J connectivity index is 1.50. The molecule has 1 aliphatic heterocycles. The number of halogens is 1. The molecule has 2 heterocycles. The van der Waals surface area contributed by atoms with Gasteiger partial charge in [-0.05, 0) is 38.7 Å². The molecule has 6 nitrogen and oxygen atoms in total. The molecule has 2 atom stereocenters. The van der Waals surface area contributed by atoms with E-state index in [1.54, 1.807) is 6.08 Å². The molecule has 1 aromatic rings. The van der Waals surface area contributed by atoms with Crippen LogP contribution in [0, 0.1) is 23.2 Å². The van der Waals surface area contributed by atoms with Crippen LogP contribution in [-0.4, -0.2) is 21.8 Å². The average Bonchev–Trinajstić information content (AvgIpc) is 3.26. The molecule has 0 aromatic carbocycles. The van der Waals surface area contributed by atoms with E-state index in [0.717, 1.165) is 18.5 Å². The molecule has 0 bridgehead atoms. The van der Waals surface area contributed by atoms with Crippen LogP contribution in [0.3, 0.4) is 0 Å². The standard InChI is InChI=1S/C20H20ClN5O/c1-11(20(27)24-18-9-17(25-26-18)12-5-6-12)16-8-13-3-2-4-15(21)7-14(10-22)19(13)23-16/h4,7-9,11-13H,2-3,5-6H2,1H3,(H2,24,25,26,27)/b14-7-,15-4+/t11-,13?/m0/s1. The summed E-state index contributed by atoms with van der Waals surface area (Å²) in [6, 6.07) is 4.08. The van der Waals surface area contributed by atoms with Crippen molar-refractivity contribution in [2.24, 2.45) is 16.8 Å². The summed E-state index contributed by atoms with van der Waals surface area (Å²) in [7, 11) is 0.